The lowest BCUT2D eigenvalue weighted by molar-refractivity contribution is -0.107. The van der Waals surface area contributed by atoms with Crippen LogP contribution < -0.4 is 0 Å². The summed E-state index contributed by atoms with van der Waals surface area (Å²) in [6.45, 7) is 32.1. The van der Waals surface area contributed by atoms with E-state index in [2.05, 4.69) is 90.0 Å². The van der Waals surface area contributed by atoms with E-state index in [0.717, 1.165) is 5.92 Å². The molecular weight excluding hydrogens is 276 g/mol. The van der Waals surface area contributed by atoms with E-state index in [0.29, 0.717) is 33.5 Å². The lowest BCUT2D eigenvalue weighted by Crippen LogP contribution is -2.52. The van der Waals surface area contributed by atoms with Gasteiger partial charge in [-0.15, -0.1) is 0 Å². The Balaban J connectivity index is 6.08. The summed E-state index contributed by atoms with van der Waals surface area (Å²) in [6.07, 6.45) is 3.83. The van der Waals surface area contributed by atoms with E-state index in [1.807, 2.05) is 0 Å². The SMILES string of the molecule is CCC(C(C)(C)C(C)C)C(C)(C(C)C)C(C)(C)CC(C)(C)CC. The molecule has 2 atom stereocenters. The van der Waals surface area contributed by atoms with Crippen LogP contribution in [0, 0.1) is 39.4 Å². The Morgan fingerprint density at radius 3 is 1.39 bits per heavy atom. The quantitative estimate of drug-likeness (QED) is 0.401. The molecule has 2 unspecified atom stereocenters. The highest BCUT2D eigenvalue weighted by molar-refractivity contribution is 5.02. The molecule has 0 heteroatoms. The normalized spacial score (nSPS) is 18.4. The van der Waals surface area contributed by atoms with Crippen molar-refractivity contribution in [1.82, 2.24) is 0 Å². The molecule has 0 aromatic heterocycles. The van der Waals surface area contributed by atoms with Crippen molar-refractivity contribution in [2.45, 2.75) is 109 Å². The lowest BCUT2D eigenvalue weighted by atomic mass is 9.45. The highest BCUT2D eigenvalue weighted by Gasteiger charge is 2.54. The fraction of sp³-hybridized carbons (Fsp3) is 1.00. The molecule has 0 saturated heterocycles. The molecule has 0 aliphatic carbocycles. The second-order valence-electron chi connectivity index (χ2n) is 11.0. The van der Waals surface area contributed by atoms with Gasteiger partial charge in [0.05, 0.1) is 0 Å². The third-order valence-corrected chi connectivity index (χ3v) is 8.05. The van der Waals surface area contributed by atoms with Gasteiger partial charge in [0.25, 0.3) is 0 Å². The largest absolute Gasteiger partial charge is 0.0651 e. The van der Waals surface area contributed by atoms with E-state index >= 15 is 0 Å². The van der Waals surface area contributed by atoms with Crippen molar-refractivity contribution in [3.05, 3.63) is 0 Å². The molecular formula is C23H48. The first kappa shape index (κ1) is 23.0. The minimum Gasteiger partial charge on any atom is -0.0651 e. The Morgan fingerprint density at radius 1 is 0.696 bits per heavy atom. The van der Waals surface area contributed by atoms with Gasteiger partial charge in [0.15, 0.2) is 0 Å². The molecule has 0 rings (SSSR count). The van der Waals surface area contributed by atoms with Crippen LogP contribution in [0.1, 0.15) is 109 Å². The standard InChI is InChI=1S/C23H48/c1-14-19(22(11,12)17(3)4)23(13,18(5)6)21(9,10)16-20(7,8)15-2/h17-19H,14-16H2,1-13H3. The van der Waals surface area contributed by atoms with Gasteiger partial charge in [-0.3, -0.25) is 0 Å². The van der Waals surface area contributed by atoms with Crippen molar-refractivity contribution in [2.24, 2.45) is 39.4 Å². The van der Waals surface area contributed by atoms with Crippen molar-refractivity contribution in [3.63, 3.8) is 0 Å². The fourth-order valence-corrected chi connectivity index (χ4v) is 5.29. The van der Waals surface area contributed by atoms with Gasteiger partial charge in [-0.1, -0.05) is 103 Å². The number of rotatable bonds is 9. The Bertz CT molecular complexity index is 356. The highest BCUT2D eigenvalue weighted by atomic mass is 14.6. The Kier molecular flexibility index (Phi) is 7.49. The molecule has 0 heterocycles. The van der Waals surface area contributed by atoms with Crippen molar-refractivity contribution >= 4 is 0 Å². The summed E-state index contributed by atoms with van der Waals surface area (Å²) in [5.74, 6) is 2.13. The van der Waals surface area contributed by atoms with Crippen molar-refractivity contribution in [2.75, 3.05) is 0 Å². The Hall–Kier alpha value is 0. The van der Waals surface area contributed by atoms with E-state index in [9.17, 15) is 0 Å². The fourth-order valence-electron chi connectivity index (χ4n) is 5.29. The molecule has 0 N–H and O–H groups in total. The second-order valence-corrected chi connectivity index (χ2v) is 11.0. The summed E-state index contributed by atoms with van der Waals surface area (Å²) < 4.78 is 0. The molecule has 0 aromatic rings. The summed E-state index contributed by atoms with van der Waals surface area (Å²) >= 11 is 0. The zero-order chi connectivity index (χ0) is 18.9. The first-order valence-electron chi connectivity index (χ1n) is 10.1. The Labute approximate surface area is 149 Å². The molecule has 23 heavy (non-hydrogen) atoms. The average Bonchev–Trinajstić information content (AvgIpc) is 2.37. The van der Waals surface area contributed by atoms with Crippen LogP contribution in [0.5, 0.6) is 0 Å². The first-order chi connectivity index (χ1) is 10.1. The molecule has 0 bridgehead atoms. The minimum absolute atomic E-state index is 0.327. The van der Waals surface area contributed by atoms with Crippen LogP contribution >= 0.6 is 0 Å². The maximum Gasteiger partial charge on any atom is -0.0218 e. The molecule has 0 aliphatic rings. The third kappa shape index (κ3) is 4.55. The van der Waals surface area contributed by atoms with Crippen molar-refractivity contribution < 1.29 is 0 Å². The maximum atomic E-state index is 2.60. The molecule has 0 saturated carbocycles. The smallest absolute Gasteiger partial charge is 0.0218 e. The van der Waals surface area contributed by atoms with Crippen LogP contribution in [0.15, 0.2) is 0 Å². The molecule has 140 valence electrons. The molecule has 0 radical (unpaired) electrons. The van der Waals surface area contributed by atoms with Gasteiger partial charge in [-0.05, 0) is 45.8 Å². The molecule has 0 fully saturated rings. The van der Waals surface area contributed by atoms with Gasteiger partial charge in [0.1, 0.15) is 0 Å². The predicted octanol–water partition coefficient (Wildman–Crippen LogP) is 8.21. The summed E-state index contributed by atoms with van der Waals surface area (Å²) in [6, 6.07) is 0. The second kappa shape index (κ2) is 7.49. The van der Waals surface area contributed by atoms with Gasteiger partial charge in [-0.25, -0.2) is 0 Å². The van der Waals surface area contributed by atoms with Crippen LogP contribution in [0.25, 0.3) is 0 Å². The van der Waals surface area contributed by atoms with Crippen LogP contribution in [0.4, 0.5) is 0 Å². The van der Waals surface area contributed by atoms with E-state index in [-0.39, 0.29) is 0 Å². The third-order valence-electron chi connectivity index (χ3n) is 8.05. The molecule has 0 aromatic carbocycles. The van der Waals surface area contributed by atoms with Crippen LogP contribution in [-0.2, 0) is 0 Å². The molecule has 0 aliphatic heterocycles. The van der Waals surface area contributed by atoms with E-state index in [1.165, 1.54) is 19.3 Å². The van der Waals surface area contributed by atoms with E-state index in [1.54, 1.807) is 0 Å². The summed E-state index contributed by atoms with van der Waals surface area (Å²) in [7, 11) is 0. The van der Waals surface area contributed by atoms with E-state index < -0.39 is 0 Å². The summed E-state index contributed by atoms with van der Waals surface area (Å²) in [5, 5.41) is 0. The summed E-state index contributed by atoms with van der Waals surface area (Å²) in [4.78, 5) is 0. The van der Waals surface area contributed by atoms with Crippen LogP contribution in [0.3, 0.4) is 0 Å². The first-order valence-corrected chi connectivity index (χ1v) is 10.1. The van der Waals surface area contributed by atoms with E-state index in [4.69, 9.17) is 0 Å². The lowest BCUT2D eigenvalue weighted by Gasteiger charge is -2.59. The number of hydrogen-bond donors (Lipinski definition) is 0. The average molecular weight is 325 g/mol. The van der Waals surface area contributed by atoms with Gasteiger partial charge >= 0.3 is 0 Å². The molecule has 0 spiro atoms. The molecule has 0 amide bonds. The summed E-state index contributed by atoms with van der Waals surface area (Å²) in [5.41, 5.74) is 1.44. The van der Waals surface area contributed by atoms with Gasteiger partial charge < -0.3 is 0 Å². The van der Waals surface area contributed by atoms with Crippen molar-refractivity contribution in [1.29, 1.82) is 0 Å². The van der Waals surface area contributed by atoms with Crippen LogP contribution in [0.2, 0.25) is 0 Å². The van der Waals surface area contributed by atoms with Gasteiger partial charge in [0.2, 0.25) is 0 Å². The number of hydrogen-bond acceptors (Lipinski definition) is 0. The van der Waals surface area contributed by atoms with Crippen molar-refractivity contribution in [3.8, 4) is 0 Å². The predicted molar refractivity (Wildman–Crippen MR) is 108 cm³/mol. The Morgan fingerprint density at radius 2 is 1.13 bits per heavy atom. The topological polar surface area (TPSA) is 0 Å². The zero-order valence-electron chi connectivity index (χ0n) is 18.9. The molecule has 0 nitrogen and oxygen atoms in total. The van der Waals surface area contributed by atoms with Crippen LogP contribution in [-0.4, -0.2) is 0 Å². The van der Waals surface area contributed by atoms with Gasteiger partial charge in [-0.2, -0.15) is 0 Å². The maximum absolute atomic E-state index is 2.60. The zero-order valence-corrected chi connectivity index (χ0v) is 18.9. The highest BCUT2D eigenvalue weighted by Crippen LogP contribution is 2.61. The van der Waals surface area contributed by atoms with Gasteiger partial charge in [0, 0.05) is 0 Å². The monoisotopic (exact) mass is 324 g/mol. The minimum atomic E-state index is 0.327.